The van der Waals surface area contributed by atoms with Crippen molar-refractivity contribution < 1.29 is 14.1 Å². The highest BCUT2D eigenvalue weighted by Gasteiger charge is 2.12. The van der Waals surface area contributed by atoms with Crippen LogP contribution in [0.15, 0.2) is 53.2 Å². The van der Waals surface area contributed by atoms with Gasteiger partial charge in [-0.25, -0.2) is 4.98 Å². The molecule has 8 heteroatoms. The Bertz CT molecular complexity index is 823. The molecule has 0 atom stereocenters. The molecular formula is C16H13ClN4O3. The Morgan fingerprint density at radius 2 is 2.04 bits per heavy atom. The summed E-state index contributed by atoms with van der Waals surface area (Å²) in [5.74, 6) is 1.01. The Morgan fingerprint density at radius 3 is 2.83 bits per heavy atom. The Kier molecular flexibility index (Phi) is 5.02. The first kappa shape index (κ1) is 15.9. The predicted octanol–water partition coefficient (Wildman–Crippen LogP) is 2.63. The van der Waals surface area contributed by atoms with E-state index in [4.69, 9.17) is 20.9 Å². The summed E-state index contributed by atoms with van der Waals surface area (Å²) in [6.45, 7) is 0.262. The molecule has 0 aliphatic rings. The number of carbonyl (C=O) groups excluding carboxylic acids is 1. The molecule has 0 unspecified atom stereocenters. The fraction of sp³-hybridized carbons (Fsp3) is 0.125. The molecule has 0 saturated heterocycles. The molecule has 1 aromatic carbocycles. The molecule has 0 fully saturated rings. The van der Waals surface area contributed by atoms with Gasteiger partial charge in [-0.15, -0.1) is 0 Å². The zero-order chi connectivity index (χ0) is 16.8. The minimum Gasteiger partial charge on any atom is -0.484 e. The lowest BCUT2D eigenvalue weighted by atomic mass is 10.2. The summed E-state index contributed by atoms with van der Waals surface area (Å²) >= 11 is 5.87. The van der Waals surface area contributed by atoms with Gasteiger partial charge in [0.05, 0.1) is 12.1 Å². The van der Waals surface area contributed by atoms with E-state index in [2.05, 4.69) is 20.4 Å². The van der Waals surface area contributed by atoms with Crippen molar-refractivity contribution in [3.05, 3.63) is 71.1 Å². The number of nitrogens with one attached hydrogen (secondary N) is 1. The van der Waals surface area contributed by atoms with Gasteiger partial charge in [0.2, 0.25) is 0 Å². The summed E-state index contributed by atoms with van der Waals surface area (Å²) < 4.78 is 10.6. The minimum atomic E-state index is -0.361. The quantitative estimate of drug-likeness (QED) is 0.691. The van der Waals surface area contributed by atoms with E-state index in [-0.39, 0.29) is 29.8 Å². The SMILES string of the molecule is O=C(NCc1noc(COc2ccccc2)n1)c1cccnc1Cl. The van der Waals surface area contributed by atoms with E-state index in [1.165, 1.54) is 6.20 Å². The van der Waals surface area contributed by atoms with Crippen LogP contribution in [-0.2, 0) is 13.2 Å². The lowest BCUT2D eigenvalue weighted by molar-refractivity contribution is 0.0949. The molecule has 1 N–H and O–H groups in total. The number of benzene rings is 1. The lowest BCUT2D eigenvalue weighted by Crippen LogP contribution is -2.23. The van der Waals surface area contributed by atoms with Crippen molar-refractivity contribution >= 4 is 17.5 Å². The summed E-state index contributed by atoms with van der Waals surface area (Å²) in [6, 6.07) is 12.5. The van der Waals surface area contributed by atoms with Gasteiger partial charge in [0, 0.05) is 6.20 Å². The first-order chi connectivity index (χ1) is 11.7. The number of para-hydroxylation sites is 1. The van der Waals surface area contributed by atoms with Gasteiger partial charge in [-0.2, -0.15) is 4.98 Å². The highest BCUT2D eigenvalue weighted by Crippen LogP contribution is 2.12. The van der Waals surface area contributed by atoms with Crippen LogP contribution in [0.2, 0.25) is 5.15 Å². The Hall–Kier alpha value is -2.93. The predicted molar refractivity (Wildman–Crippen MR) is 85.5 cm³/mol. The van der Waals surface area contributed by atoms with Crippen LogP contribution in [0.4, 0.5) is 0 Å². The maximum Gasteiger partial charge on any atom is 0.264 e. The molecule has 2 heterocycles. The van der Waals surface area contributed by atoms with Gasteiger partial charge in [-0.1, -0.05) is 35.0 Å². The van der Waals surface area contributed by atoms with Gasteiger partial charge in [-0.3, -0.25) is 4.79 Å². The maximum absolute atomic E-state index is 12.0. The lowest BCUT2D eigenvalue weighted by Gasteiger charge is -2.03. The van der Waals surface area contributed by atoms with Crippen LogP contribution in [0.3, 0.4) is 0 Å². The minimum absolute atomic E-state index is 0.110. The van der Waals surface area contributed by atoms with Crippen LogP contribution in [0.5, 0.6) is 5.75 Å². The summed E-state index contributed by atoms with van der Waals surface area (Å²) in [6.07, 6.45) is 1.51. The van der Waals surface area contributed by atoms with E-state index >= 15 is 0 Å². The number of hydrogen-bond acceptors (Lipinski definition) is 6. The molecule has 0 aliphatic carbocycles. The Balaban J connectivity index is 1.53. The zero-order valence-electron chi connectivity index (χ0n) is 12.5. The van der Waals surface area contributed by atoms with Crippen molar-refractivity contribution in [3.63, 3.8) is 0 Å². The number of hydrogen-bond donors (Lipinski definition) is 1. The average Bonchev–Trinajstić information content (AvgIpc) is 3.07. The molecule has 1 amide bonds. The van der Waals surface area contributed by atoms with Gasteiger partial charge in [-0.05, 0) is 24.3 Å². The summed E-state index contributed by atoms with van der Waals surface area (Å²) in [5, 5.41) is 6.58. The van der Waals surface area contributed by atoms with Gasteiger partial charge in [0.15, 0.2) is 12.4 Å². The van der Waals surface area contributed by atoms with Crippen molar-refractivity contribution in [1.29, 1.82) is 0 Å². The number of amides is 1. The van der Waals surface area contributed by atoms with Gasteiger partial charge in [0.1, 0.15) is 10.9 Å². The van der Waals surface area contributed by atoms with Gasteiger partial charge >= 0.3 is 0 Å². The van der Waals surface area contributed by atoms with E-state index in [0.29, 0.717) is 17.5 Å². The third-order valence-corrected chi connectivity index (χ3v) is 3.33. The van der Waals surface area contributed by atoms with E-state index in [0.717, 1.165) is 0 Å². The molecule has 24 heavy (non-hydrogen) atoms. The molecule has 0 radical (unpaired) electrons. The number of halogens is 1. The van der Waals surface area contributed by atoms with Gasteiger partial charge < -0.3 is 14.6 Å². The molecular weight excluding hydrogens is 332 g/mol. The van der Waals surface area contributed by atoms with Crippen molar-refractivity contribution in [2.24, 2.45) is 0 Å². The molecule has 3 aromatic rings. The standard InChI is InChI=1S/C16H13ClN4O3/c17-15-12(7-4-8-18-15)16(22)19-9-13-20-14(24-21-13)10-23-11-5-2-1-3-6-11/h1-8H,9-10H2,(H,19,22). The van der Waals surface area contributed by atoms with Crippen LogP contribution in [0.1, 0.15) is 22.1 Å². The van der Waals surface area contributed by atoms with Crippen molar-refractivity contribution in [2.45, 2.75) is 13.2 Å². The fourth-order valence-corrected chi connectivity index (χ4v) is 2.10. The molecule has 0 bridgehead atoms. The van der Waals surface area contributed by atoms with Crippen molar-refractivity contribution in [3.8, 4) is 5.75 Å². The third kappa shape index (κ3) is 4.08. The normalized spacial score (nSPS) is 10.4. The van der Waals surface area contributed by atoms with Crippen LogP contribution in [0, 0.1) is 0 Å². The zero-order valence-corrected chi connectivity index (χ0v) is 13.2. The molecule has 122 valence electrons. The molecule has 0 spiro atoms. The van der Waals surface area contributed by atoms with Crippen LogP contribution >= 0.6 is 11.6 Å². The van der Waals surface area contributed by atoms with Crippen LogP contribution < -0.4 is 10.1 Å². The topological polar surface area (TPSA) is 90.1 Å². The molecule has 3 rings (SSSR count). The van der Waals surface area contributed by atoms with Crippen molar-refractivity contribution in [2.75, 3.05) is 0 Å². The molecule has 0 aliphatic heterocycles. The summed E-state index contributed by atoms with van der Waals surface area (Å²) in [7, 11) is 0. The Labute approximate surface area is 142 Å². The third-order valence-electron chi connectivity index (χ3n) is 3.03. The van der Waals surface area contributed by atoms with E-state index in [1.807, 2.05) is 30.3 Å². The molecule has 7 nitrogen and oxygen atoms in total. The number of rotatable bonds is 6. The van der Waals surface area contributed by atoms with Gasteiger partial charge in [0.25, 0.3) is 11.8 Å². The largest absolute Gasteiger partial charge is 0.484 e. The number of aromatic nitrogens is 3. The van der Waals surface area contributed by atoms with E-state index in [1.54, 1.807) is 12.1 Å². The molecule has 2 aromatic heterocycles. The van der Waals surface area contributed by atoms with E-state index in [9.17, 15) is 4.79 Å². The number of ether oxygens (including phenoxy) is 1. The fourth-order valence-electron chi connectivity index (χ4n) is 1.89. The number of nitrogens with zero attached hydrogens (tertiary/aromatic N) is 3. The first-order valence-corrected chi connectivity index (χ1v) is 7.48. The highest BCUT2D eigenvalue weighted by molar-refractivity contribution is 6.32. The molecule has 0 saturated carbocycles. The second-order valence-electron chi connectivity index (χ2n) is 4.73. The number of carbonyl (C=O) groups is 1. The Morgan fingerprint density at radius 1 is 1.21 bits per heavy atom. The monoisotopic (exact) mass is 344 g/mol. The first-order valence-electron chi connectivity index (χ1n) is 7.10. The average molecular weight is 345 g/mol. The smallest absolute Gasteiger partial charge is 0.264 e. The van der Waals surface area contributed by atoms with Crippen molar-refractivity contribution in [1.82, 2.24) is 20.4 Å². The van der Waals surface area contributed by atoms with E-state index < -0.39 is 0 Å². The summed E-state index contributed by atoms with van der Waals surface area (Å²) in [4.78, 5) is 20.0. The maximum atomic E-state index is 12.0. The number of pyridine rings is 1. The van der Waals surface area contributed by atoms with Crippen LogP contribution in [-0.4, -0.2) is 21.0 Å². The highest BCUT2D eigenvalue weighted by atomic mass is 35.5. The second kappa shape index (κ2) is 7.56. The van der Waals surface area contributed by atoms with Crippen LogP contribution in [0.25, 0.3) is 0 Å². The second-order valence-corrected chi connectivity index (χ2v) is 5.09. The summed E-state index contributed by atoms with van der Waals surface area (Å²) in [5.41, 5.74) is 0.287.